The largest absolute Gasteiger partial charge is 0.307 e. The van der Waals surface area contributed by atoms with Gasteiger partial charge in [0.05, 0.1) is 21.8 Å². The predicted molar refractivity (Wildman–Crippen MR) is 194 cm³/mol. The molecule has 6 aromatic rings. The van der Waals surface area contributed by atoms with Crippen LogP contribution in [0, 0.1) is 10.8 Å². The molecule has 2 amide bonds. The molecule has 0 saturated carbocycles. The monoisotopic (exact) mass is 680 g/mol. The SMILES string of the molecule is CC1(C)CCn2c(nc3cc(C(=O)Nc4cccc(CC5(C)Cc6nc7cc(C(=O)Nc8ccccn8)ccc7c(=O)n6C5)n4)ccc3c2=O)C1. The first kappa shape index (κ1) is 32.2. The summed E-state index contributed by atoms with van der Waals surface area (Å²) in [5.41, 5.74) is 1.96. The number of amides is 2. The van der Waals surface area contributed by atoms with Gasteiger partial charge in [0.1, 0.15) is 23.3 Å². The molecular weight excluding hydrogens is 644 g/mol. The first-order chi connectivity index (χ1) is 24.4. The zero-order valence-electron chi connectivity index (χ0n) is 28.6. The standard InChI is InChI=1S/C39H36N8O4/c1-38(2)14-16-46-32(20-38)42-28-18-24(10-12-26(28)36(46)50)35(49)45-31-9-6-7-25(41-31)19-39(3)21-33-43-29-17-23(11-13-27(29)37(51)47(33)22-39)34(48)44-30-8-4-5-15-40-30/h4-13,15,17-18H,14,16,19-22H2,1-3H3,(H,40,44,48)(H,41,45,49). The number of hydrogen-bond donors (Lipinski definition) is 2. The maximum atomic E-state index is 13.6. The molecular formula is C39H36N8O4. The molecule has 2 N–H and O–H groups in total. The molecule has 1 atom stereocenters. The van der Waals surface area contributed by atoms with Crippen LogP contribution < -0.4 is 21.8 Å². The van der Waals surface area contributed by atoms with E-state index < -0.39 is 0 Å². The maximum Gasteiger partial charge on any atom is 0.261 e. The summed E-state index contributed by atoms with van der Waals surface area (Å²) in [5, 5.41) is 6.61. The quantitative estimate of drug-likeness (QED) is 0.244. The summed E-state index contributed by atoms with van der Waals surface area (Å²) in [6.07, 6.45) is 4.28. The number of nitrogens with zero attached hydrogens (tertiary/aromatic N) is 6. The first-order valence-corrected chi connectivity index (χ1v) is 17.0. The van der Waals surface area contributed by atoms with Crippen molar-refractivity contribution in [2.24, 2.45) is 10.8 Å². The second-order valence-corrected chi connectivity index (χ2v) is 14.8. The van der Waals surface area contributed by atoms with Crippen LogP contribution in [0.5, 0.6) is 0 Å². The average molecular weight is 681 g/mol. The lowest BCUT2D eigenvalue weighted by molar-refractivity contribution is 0.101. The smallest absolute Gasteiger partial charge is 0.261 e. The van der Waals surface area contributed by atoms with Gasteiger partial charge in [0.25, 0.3) is 22.9 Å². The number of hydrogen-bond acceptors (Lipinski definition) is 8. The fraction of sp³-hybridized carbons (Fsp3) is 0.282. The minimum Gasteiger partial charge on any atom is -0.307 e. The van der Waals surface area contributed by atoms with Gasteiger partial charge in [-0.1, -0.05) is 32.9 Å². The van der Waals surface area contributed by atoms with Crippen molar-refractivity contribution < 1.29 is 9.59 Å². The number of aromatic nitrogens is 6. The second-order valence-electron chi connectivity index (χ2n) is 14.8. The van der Waals surface area contributed by atoms with Crippen molar-refractivity contribution in [2.75, 3.05) is 10.6 Å². The molecule has 4 aromatic heterocycles. The number of benzene rings is 2. The van der Waals surface area contributed by atoms with Crippen molar-refractivity contribution in [1.82, 2.24) is 29.1 Å². The summed E-state index contributed by atoms with van der Waals surface area (Å²) in [7, 11) is 0. The van der Waals surface area contributed by atoms with Crippen molar-refractivity contribution in [3.05, 3.63) is 128 Å². The van der Waals surface area contributed by atoms with Crippen LogP contribution in [0.15, 0.2) is 88.6 Å². The van der Waals surface area contributed by atoms with Gasteiger partial charge >= 0.3 is 0 Å². The molecule has 1 unspecified atom stereocenters. The number of pyridine rings is 2. The van der Waals surface area contributed by atoms with Crippen LogP contribution >= 0.6 is 0 Å². The third kappa shape index (κ3) is 6.17. The van der Waals surface area contributed by atoms with Gasteiger partial charge in [0.15, 0.2) is 0 Å². The fourth-order valence-electron chi connectivity index (χ4n) is 7.25. The zero-order chi connectivity index (χ0) is 35.5. The molecule has 51 heavy (non-hydrogen) atoms. The highest BCUT2D eigenvalue weighted by atomic mass is 16.2. The number of fused-ring (bicyclic) bond motifs is 4. The van der Waals surface area contributed by atoms with Gasteiger partial charge in [0.2, 0.25) is 0 Å². The Hall–Kier alpha value is -6.04. The Morgan fingerprint density at radius 2 is 1.35 bits per heavy atom. The molecule has 8 rings (SSSR count). The fourth-order valence-corrected chi connectivity index (χ4v) is 7.25. The van der Waals surface area contributed by atoms with Crippen molar-refractivity contribution in [2.45, 2.75) is 59.5 Å². The van der Waals surface area contributed by atoms with Gasteiger partial charge < -0.3 is 10.6 Å². The van der Waals surface area contributed by atoms with Crippen LogP contribution in [0.2, 0.25) is 0 Å². The maximum absolute atomic E-state index is 13.6. The summed E-state index contributed by atoms with van der Waals surface area (Å²) in [4.78, 5) is 71.5. The van der Waals surface area contributed by atoms with Gasteiger partial charge in [0, 0.05) is 48.9 Å². The molecule has 0 radical (unpaired) electrons. The van der Waals surface area contributed by atoms with Crippen LogP contribution in [0.3, 0.4) is 0 Å². The Morgan fingerprint density at radius 3 is 2.02 bits per heavy atom. The molecule has 2 aromatic carbocycles. The van der Waals surface area contributed by atoms with E-state index in [4.69, 9.17) is 15.0 Å². The van der Waals surface area contributed by atoms with Gasteiger partial charge in [-0.2, -0.15) is 0 Å². The molecule has 0 spiro atoms. The van der Waals surface area contributed by atoms with E-state index in [1.807, 2.05) is 12.1 Å². The van der Waals surface area contributed by atoms with Gasteiger partial charge in [-0.05, 0) is 84.3 Å². The highest BCUT2D eigenvalue weighted by Gasteiger charge is 2.36. The lowest BCUT2D eigenvalue weighted by atomic mass is 9.83. The second kappa shape index (κ2) is 12.1. The molecule has 2 aliphatic heterocycles. The van der Waals surface area contributed by atoms with E-state index in [1.165, 1.54) is 0 Å². The third-order valence-corrected chi connectivity index (χ3v) is 9.93. The lowest BCUT2D eigenvalue weighted by Crippen LogP contribution is -2.35. The number of rotatable bonds is 6. The molecule has 2 aliphatic rings. The Bertz CT molecular complexity index is 2520. The summed E-state index contributed by atoms with van der Waals surface area (Å²) < 4.78 is 3.46. The molecule has 12 nitrogen and oxygen atoms in total. The predicted octanol–water partition coefficient (Wildman–Crippen LogP) is 5.18. The van der Waals surface area contributed by atoms with Crippen molar-refractivity contribution in [1.29, 1.82) is 0 Å². The summed E-state index contributed by atoms with van der Waals surface area (Å²) >= 11 is 0. The number of carbonyl (C=O) groups is 2. The zero-order valence-corrected chi connectivity index (χ0v) is 28.6. The Balaban J connectivity index is 0.986. The van der Waals surface area contributed by atoms with Crippen LogP contribution in [-0.2, 0) is 32.4 Å². The molecule has 6 heterocycles. The van der Waals surface area contributed by atoms with E-state index in [2.05, 4.69) is 36.4 Å². The Kier molecular flexibility index (Phi) is 7.62. The van der Waals surface area contributed by atoms with Crippen molar-refractivity contribution in [3.8, 4) is 0 Å². The lowest BCUT2D eigenvalue weighted by Gasteiger charge is -2.31. The van der Waals surface area contributed by atoms with E-state index in [1.54, 1.807) is 76.0 Å². The van der Waals surface area contributed by atoms with Crippen LogP contribution in [-0.4, -0.2) is 40.9 Å². The minimum atomic E-state index is -0.364. The highest BCUT2D eigenvalue weighted by molar-refractivity contribution is 6.06. The number of nitrogens with one attached hydrogen (secondary N) is 2. The van der Waals surface area contributed by atoms with Gasteiger partial charge in [-0.25, -0.2) is 19.9 Å². The number of anilines is 2. The summed E-state index contributed by atoms with van der Waals surface area (Å²) in [6, 6.07) is 20.6. The van der Waals surface area contributed by atoms with Gasteiger partial charge in [-0.3, -0.25) is 28.3 Å². The van der Waals surface area contributed by atoms with E-state index in [0.29, 0.717) is 82.7 Å². The average Bonchev–Trinajstić information content (AvgIpc) is 3.43. The van der Waals surface area contributed by atoms with E-state index in [9.17, 15) is 19.2 Å². The molecule has 256 valence electrons. The highest BCUT2D eigenvalue weighted by Crippen LogP contribution is 2.34. The molecule has 0 bridgehead atoms. The molecule has 0 fully saturated rings. The normalized spacial score (nSPS) is 17.5. The number of carbonyl (C=O) groups excluding carboxylic acids is 2. The summed E-state index contributed by atoms with van der Waals surface area (Å²) in [5.74, 6) is 1.54. The molecule has 0 saturated heterocycles. The van der Waals surface area contributed by atoms with E-state index in [-0.39, 0.29) is 33.8 Å². The Labute approximate surface area is 292 Å². The minimum absolute atomic E-state index is 0.0579. The topological polar surface area (TPSA) is 154 Å². The van der Waals surface area contributed by atoms with Crippen LogP contribution in [0.4, 0.5) is 11.6 Å². The van der Waals surface area contributed by atoms with Crippen LogP contribution in [0.1, 0.15) is 65.3 Å². The van der Waals surface area contributed by atoms with Gasteiger partial charge in [-0.15, -0.1) is 0 Å². The van der Waals surface area contributed by atoms with Crippen molar-refractivity contribution in [3.63, 3.8) is 0 Å². The van der Waals surface area contributed by atoms with E-state index in [0.717, 1.165) is 17.9 Å². The molecule has 0 aliphatic carbocycles. The van der Waals surface area contributed by atoms with Crippen molar-refractivity contribution >= 4 is 45.3 Å². The first-order valence-electron chi connectivity index (χ1n) is 17.0. The van der Waals surface area contributed by atoms with Crippen LogP contribution in [0.25, 0.3) is 21.8 Å². The molecule has 12 heteroatoms. The Morgan fingerprint density at radius 1 is 0.725 bits per heavy atom. The summed E-state index contributed by atoms with van der Waals surface area (Å²) in [6.45, 7) is 7.53. The van der Waals surface area contributed by atoms with E-state index >= 15 is 0 Å². The third-order valence-electron chi connectivity index (χ3n) is 9.93.